The van der Waals surface area contributed by atoms with Crippen LogP contribution in [0.3, 0.4) is 0 Å². The summed E-state index contributed by atoms with van der Waals surface area (Å²) in [6, 6.07) is 5.93. The fourth-order valence-electron chi connectivity index (χ4n) is 2.49. The van der Waals surface area contributed by atoms with E-state index in [4.69, 9.17) is 4.74 Å². The molecule has 1 heterocycles. The second-order valence-electron chi connectivity index (χ2n) is 5.51. The first kappa shape index (κ1) is 18.9. The maximum atomic E-state index is 5.80. The van der Waals surface area contributed by atoms with Crippen LogP contribution in [0.25, 0.3) is 0 Å². The molecule has 0 saturated heterocycles. The zero-order valence-electron chi connectivity index (χ0n) is 14.5. The van der Waals surface area contributed by atoms with Gasteiger partial charge in [0.25, 0.3) is 0 Å². The second kappa shape index (κ2) is 9.79. The van der Waals surface area contributed by atoms with Crippen molar-refractivity contribution in [3.05, 3.63) is 23.9 Å². The highest BCUT2D eigenvalue weighted by Crippen LogP contribution is 2.42. The predicted octanol–water partition coefficient (Wildman–Crippen LogP) is 5.65. The Morgan fingerprint density at radius 3 is 2.35 bits per heavy atom. The van der Waals surface area contributed by atoms with Gasteiger partial charge in [-0.3, -0.25) is 0 Å². The maximum absolute atomic E-state index is 5.80. The molecular formula is C18H33NO. The van der Waals surface area contributed by atoms with E-state index in [2.05, 4.69) is 18.8 Å². The molecule has 1 aromatic rings. The van der Waals surface area contributed by atoms with Crippen LogP contribution >= 0.6 is 0 Å². The molecule has 1 aromatic heterocycles. The average molecular weight is 279 g/mol. The van der Waals surface area contributed by atoms with Crippen molar-refractivity contribution < 1.29 is 4.74 Å². The summed E-state index contributed by atoms with van der Waals surface area (Å²) >= 11 is 0. The molecule has 0 amide bonds. The molecule has 0 spiro atoms. The molecule has 0 bridgehead atoms. The molecule has 1 saturated carbocycles. The van der Waals surface area contributed by atoms with Gasteiger partial charge < -0.3 is 4.74 Å². The Balaban J connectivity index is 0.000000829. The average Bonchev–Trinajstić information content (AvgIpc) is 2.80. The van der Waals surface area contributed by atoms with E-state index in [0.717, 1.165) is 18.2 Å². The summed E-state index contributed by atoms with van der Waals surface area (Å²) in [7, 11) is 0. The Hall–Kier alpha value is -1.05. The van der Waals surface area contributed by atoms with E-state index in [1.165, 1.54) is 19.3 Å². The molecule has 2 heteroatoms. The van der Waals surface area contributed by atoms with E-state index in [1.54, 1.807) is 0 Å². The van der Waals surface area contributed by atoms with Crippen molar-refractivity contribution in [2.75, 3.05) is 6.61 Å². The van der Waals surface area contributed by atoms with Gasteiger partial charge in [-0.05, 0) is 37.2 Å². The van der Waals surface area contributed by atoms with Crippen molar-refractivity contribution in [1.82, 2.24) is 4.98 Å². The monoisotopic (exact) mass is 279 g/mol. The quantitative estimate of drug-likeness (QED) is 0.713. The van der Waals surface area contributed by atoms with Crippen LogP contribution < -0.4 is 4.74 Å². The molecule has 2 nitrogen and oxygen atoms in total. The largest absolute Gasteiger partial charge is 0.477 e. The van der Waals surface area contributed by atoms with Crippen LogP contribution in [-0.4, -0.2) is 11.6 Å². The molecule has 1 fully saturated rings. The van der Waals surface area contributed by atoms with Crippen molar-refractivity contribution in [1.29, 1.82) is 0 Å². The molecule has 20 heavy (non-hydrogen) atoms. The van der Waals surface area contributed by atoms with Crippen LogP contribution in [0.15, 0.2) is 18.2 Å². The van der Waals surface area contributed by atoms with Gasteiger partial charge in [-0.25, -0.2) is 4.98 Å². The van der Waals surface area contributed by atoms with Gasteiger partial charge in [0.2, 0.25) is 5.88 Å². The maximum Gasteiger partial charge on any atom is 0.213 e. The second-order valence-corrected chi connectivity index (χ2v) is 5.51. The third-order valence-corrected chi connectivity index (χ3v) is 3.77. The van der Waals surface area contributed by atoms with E-state index in [1.807, 2.05) is 52.8 Å². The number of aromatic nitrogens is 1. The Kier molecular flexibility index (Phi) is 9.28. The van der Waals surface area contributed by atoms with Gasteiger partial charge in [0.1, 0.15) is 0 Å². The van der Waals surface area contributed by atoms with E-state index in [0.29, 0.717) is 11.3 Å². The van der Waals surface area contributed by atoms with Gasteiger partial charge in [-0.2, -0.15) is 0 Å². The Morgan fingerprint density at radius 1 is 1.20 bits per heavy atom. The third kappa shape index (κ3) is 5.94. The first-order valence-electron chi connectivity index (χ1n) is 8.14. The van der Waals surface area contributed by atoms with E-state index < -0.39 is 0 Å². The van der Waals surface area contributed by atoms with E-state index in [-0.39, 0.29) is 0 Å². The van der Waals surface area contributed by atoms with E-state index in [9.17, 15) is 0 Å². The van der Waals surface area contributed by atoms with Gasteiger partial charge in [0.15, 0.2) is 0 Å². The first-order valence-corrected chi connectivity index (χ1v) is 8.14. The molecule has 116 valence electrons. The lowest BCUT2D eigenvalue weighted by atomic mass is 9.82. The predicted molar refractivity (Wildman–Crippen MR) is 88.3 cm³/mol. The summed E-state index contributed by atoms with van der Waals surface area (Å²) in [5.41, 5.74) is 1.45. The van der Waals surface area contributed by atoms with Crippen LogP contribution in [0.1, 0.15) is 66.5 Å². The number of aryl methyl sites for hydroxylation is 1. The van der Waals surface area contributed by atoms with Crippen molar-refractivity contribution in [2.24, 2.45) is 11.3 Å². The van der Waals surface area contributed by atoms with Crippen molar-refractivity contribution >= 4 is 0 Å². The molecule has 1 aliphatic carbocycles. The lowest BCUT2D eigenvalue weighted by molar-refractivity contribution is 0.157. The van der Waals surface area contributed by atoms with Gasteiger partial charge in [0.05, 0.1) is 6.61 Å². The van der Waals surface area contributed by atoms with Crippen molar-refractivity contribution in [2.45, 2.75) is 67.7 Å². The van der Waals surface area contributed by atoms with Crippen molar-refractivity contribution in [3.8, 4) is 5.88 Å². The normalized spacial score (nSPS) is 19.2. The topological polar surface area (TPSA) is 22.1 Å². The fraction of sp³-hybridized carbons (Fsp3) is 0.722. The van der Waals surface area contributed by atoms with Crippen LogP contribution in [-0.2, 0) is 0 Å². The minimum absolute atomic E-state index is 0.434. The summed E-state index contributed by atoms with van der Waals surface area (Å²) in [5.74, 6) is 1.44. The summed E-state index contributed by atoms with van der Waals surface area (Å²) in [4.78, 5) is 4.36. The van der Waals surface area contributed by atoms with Gasteiger partial charge in [0, 0.05) is 11.8 Å². The highest BCUT2D eigenvalue weighted by Gasteiger charge is 2.34. The molecule has 1 aliphatic rings. The molecule has 1 atom stereocenters. The Labute approximate surface area is 126 Å². The summed E-state index contributed by atoms with van der Waals surface area (Å²) < 4.78 is 5.80. The van der Waals surface area contributed by atoms with E-state index >= 15 is 0 Å². The highest BCUT2D eigenvalue weighted by molar-refractivity contribution is 5.14. The molecule has 0 aromatic carbocycles. The summed E-state index contributed by atoms with van der Waals surface area (Å²) in [6.07, 6.45) is 3.95. The standard InChI is InChI=1S/C14H21NO.2C2H6/c1-11-6-4-8-13(15-11)16-10-12-7-5-9-14(12,2)3;2*1-2/h4,6,8,12H,5,7,9-10H2,1-3H3;2*1-2H3/t12-;;/m1../s1. The Morgan fingerprint density at radius 2 is 1.85 bits per heavy atom. The molecule has 0 unspecified atom stereocenters. The molecular weight excluding hydrogens is 246 g/mol. The van der Waals surface area contributed by atoms with Crippen LogP contribution in [0.2, 0.25) is 0 Å². The molecule has 0 radical (unpaired) electrons. The zero-order chi connectivity index (χ0) is 15.6. The molecule has 0 aliphatic heterocycles. The lowest BCUT2D eigenvalue weighted by Gasteiger charge is -2.26. The fourth-order valence-corrected chi connectivity index (χ4v) is 2.49. The highest BCUT2D eigenvalue weighted by atomic mass is 16.5. The van der Waals surface area contributed by atoms with Crippen LogP contribution in [0.5, 0.6) is 5.88 Å². The molecule has 0 N–H and O–H groups in total. The minimum Gasteiger partial charge on any atom is -0.477 e. The lowest BCUT2D eigenvalue weighted by Crippen LogP contribution is -2.23. The number of hydrogen-bond acceptors (Lipinski definition) is 2. The first-order chi connectivity index (χ1) is 9.58. The number of hydrogen-bond donors (Lipinski definition) is 0. The summed E-state index contributed by atoms with van der Waals surface area (Å²) in [6.45, 7) is 15.5. The van der Waals surface area contributed by atoms with Gasteiger partial charge >= 0.3 is 0 Å². The molecule has 2 rings (SSSR count). The Bertz CT molecular complexity index is 360. The van der Waals surface area contributed by atoms with Gasteiger partial charge in [-0.15, -0.1) is 0 Å². The number of ether oxygens (including phenoxy) is 1. The van der Waals surface area contributed by atoms with Gasteiger partial charge in [-0.1, -0.05) is 54.0 Å². The number of nitrogens with zero attached hydrogens (tertiary/aromatic N) is 1. The SMILES string of the molecule is CC.CC.Cc1cccc(OC[C@H]2CCCC2(C)C)n1. The number of rotatable bonds is 3. The van der Waals surface area contributed by atoms with Crippen molar-refractivity contribution in [3.63, 3.8) is 0 Å². The summed E-state index contributed by atoms with van der Waals surface area (Å²) in [5, 5.41) is 0. The third-order valence-electron chi connectivity index (χ3n) is 3.77. The smallest absolute Gasteiger partial charge is 0.213 e. The van der Waals surface area contributed by atoms with Crippen LogP contribution in [0, 0.1) is 18.3 Å². The number of pyridine rings is 1. The zero-order valence-corrected chi connectivity index (χ0v) is 14.5. The van der Waals surface area contributed by atoms with Crippen LogP contribution in [0.4, 0.5) is 0 Å². The minimum atomic E-state index is 0.434.